The van der Waals surface area contributed by atoms with Gasteiger partial charge in [0, 0.05) is 19.3 Å². The number of benzene rings is 1. The van der Waals surface area contributed by atoms with Crippen LogP contribution in [0.5, 0.6) is 0 Å². The molecule has 1 saturated heterocycles. The van der Waals surface area contributed by atoms with Crippen molar-refractivity contribution in [3.63, 3.8) is 0 Å². The standard InChI is InChI=1S/C14H14N2O4/c1-16-13(18)10-3-2-9(6-11(10)14(16)19)15-12(17)8-4-5-20-7-8/h2-3,6,8H,4-5,7H2,1H3,(H,15,17). The molecule has 0 aliphatic carbocycles. The van der Waals surface area contributed by atoms with Gasteiger partial charge in [0.2, 0.25) is 5.91 Å². The molecule has 6 heteroatoms. The lowest BCUT2D eigenvalue weighted by molar-refractivity contribution is -0.119. The maximum Gasteiger partial charge on any atom is 0.261 e. The van der Waals surface area contributed by atoms with Gasteiger partial charge >= 0.3 is 0 Å². The summed E-state index contributed by atoms with van der Waals surface area (Å²) in [5.74, 6) is -0.923. The van der Waals surface area contributed by atoms with Crippen LogP contribution in [0.15, 0.2) is 18.2 Å². The fourth-order valence-electron chi connectivity index (χ4n) is 2.42. The number of fused-ring (bicyclic) bond motifs is 1. The summed E-state index contributed by atoms with van der Waals surface area (Å²) in [5.41, 5.74) is 1.23. The Labute approximate surface area is 115 Å². The molecule has 2 heterocycles. The Morgan fingerprint density at radius 2 is 2.05 bits per heavy atom. The quantitative estimate of drug-likeness (QED) is 0.812. The molecule has 1 unspecified atom stereocenters. The number of carbonyl (C=O) groups is 3. The van der Waals surface area contributed by atoms with Crippen LogP contribution >= 0.6 is 0 Å². The molecule has 0 bridgehead atoms. The number of amides is 3. The highest BCUT2D eigenvalue weighted by Gasteiger charge is 2.33. The number of hydrogen-bond acceptors (Lipinski definition) is 4. The summed E-state index contributed by atoms with van der Waals surface area (Å²) in [6.45, 7) is 1.02. The van der Waals surface area contributed by atoms with Crippen molar-refractivity contribution in [2.75, 3.05) is 25.6 Å². The molecule has 1 atom stereocenters. The lowest BCUT2D eigenvalue weighted by Crippen LogP contribution is -2.24. The third-order valence-electron chi connectivity index (χ3n) is 3.66. The van der Waals surface area contributed by atoms with E-state index in [1.165, 1.54) is 7.05 Å². The van der Waals surface area contributed by atoms with Crippen LogP contribution in [0.3, 0.4) is 0 Å². The Kier molecular flexibility index (Phi) is 3.02. The van der Waals surface area contributed by atoms with Gasteiger partial charge in [0.25, 0.3) is 11.8 Å². The van der Waals surface area contributed by atoms with Gasteiger partial charge in [-0.2, -0.15) is 0 Å². The van der Waals surface area contributed by atoms with E-state index in [0.717, 1.165) is 4.90 Å². The predicted molar refractivity (Wildman–Crippen MR) is 70.4 cm³/mol. The first kappa shape index (κ1) is 12.8. The summed E-state index contributed by atoms with van der Waals surface area (Å²) in [5, 5.41) is 2.76. The van der Waals surface area contributed by atoms with Gasteiger partial charge in [0.15, 0.2) is 0 Å². The van der Waals surface area contributed by atoms with Gasteiger partial charge in [0.05, 0.1) is 23.7 Å². The second kappa shape index (κ2) is 4.72. The number of nitrogens with one attached hydrogen (secondary N) is 1. The van der Waals surface area contributed by atoms with Gasteiger partial charge in [-0.15, -0.1) is 0 Å². The van der Waals surface area contributed by atoms with Gasteiger partial charge in [-0.1, -0.05) is 0 Å². The van der Waals surface area contributed by atoms with E-state index in [-0.39, 0.29) is 23.6 Å². The summed E-state index contributed by atoms with van der Waals surface area (Å²) in [6, 6.07) is 4.75. The third-order valence-corrected chi connectivity index (χ3v) is 3.66. The Balaban J connectivity index is 1.81. The molecule has 0 radical (unpaired) electrons. The van der Waals surface area contributed by atoms with Crippen LogP contribution in [0, 0.1) is 5.92 Å². The maximum atomic E-state index is 12.0. The zero-order valence-electron chi connectivity index (χ0n) is 11.0. The number of nitrogens with zero attached hydrogens (tertiary/aromatic N) is 1. The van der Waals surface area contributed by atoms with Crippen LogP contribution in [-0.4, -0.2) is 42.9 Å². The van der Waals surface area contributed by atoms with Crippen molar-refractivity contribution in [3.8, 4) is 0 Å². The fourth-order valence-corrected chi connectivity index (χ4v) is 2.42. The molecule has 0 saturated carbocycles. The third kappa shape index (κ3) is 1.98. The molecule has 2 aliphatic heterocycles. The molecule has 1 aromatic carbocycles. The first-order valence-electron chi connectivity index (χ1n) is 6.43. The number of rotatable bonds is 2. The molecule has 1 fully saturated rings. The molecule has 1 N–H and O–H groups in total. The SMILES string of the molecule is CN1C(=O)c2ccc(NC(=O)C3CCOC3)cc2C1=O. The van der Waals surface area contributed by atoms with E-state index < -0.39 is 0 Å². The highest BCUT2D eigenvalue weighted by atomic mass is 16.5. The van der Waals surface area contributed by atoms with Crippen LogP contribution in [0.1, 0.15) is 27.1 Å². The predicted octanol–water partition coefficient (Wildman–Crippen LogP) is 0.887. The molecular formula is C14H14N2O4. The molecule has 104 valence electrons. The second-order valence-electron chi connectivity index (χ2n) is 4.98. The lowest BCUT2D eigenvalue weighted by Gasteiger charge is -2.09. The molecule has 0 aromatic heterocycles. The molecule has 3 rings (SSSR count). The van der Waals surface area contributed by atoms with Crippen LogP contribution in [0.4, 0.5) is 5.69 Å². The van der Waals surface area contributed by atoms with Gasteiger partial charge in [0.1, 0.15) is 0 Å². The highest BCUT2D eigenvalue weighted by molar-refractivity contribution is 6.21. The average Bonchev–Trinajstić information content (AvgIpc) is 3.04. The molecule has 20 heavy (non-hydrogen) atoms. The normalized spacial score (nSPS) is 21.2. The number of imide groups is 1. The summed E-state index contributed by atoms with van der Waals surface area (Å²) in [6.07, 6.45) is 0.705. The van der Waals surface area contributed by atoms with E-state index in [1.807, 2.05) is 0 Å². The zero-order chi connectivity index (χ0) is 14.3. The number of anilines is 1. The minimum atomic E-state index is -0.342. The summed E-state index contributed by atoms with van der Waals surface area (Å²) in [7, 11) is 1.44. The largest absolute Gasteiger partial charge is 0.381 e. The van der Waals surface area contributed by atoms with E-state index in [4.69, 9.17) is 4.74 Å². The van der Waals surface area contributed by atoms with Crippen molar-refractivity contribution >= 4 is 23.4 Å². The molecule has 3 amide bonds. The van der Waals surface area contributed by atoms with Crippen molar-refractivity contribution in [2.45, 2.75) is 6.42 Å². The van der Waals surface area contributed by atoms with Gasteiger partial charge in [-0.3, -0.25) is 19.3 Å². The fraction of sp³-hybridized carbons (Fsp3) is 0.357. The number of carbonyl (C=O) groups excluding carboxylic acids is 3. The van der Waals surface area contributed by atoms with E-state index in [2.05, 4.69) is 5.32 Å². The molecule has 2 aliphatic rings. The Morgan fingerprint density at radius 3 is 2.75 bits per heavy atom. The van der Waals surface area contributed by atoms with Crippen LogP contribution < -0.4 is 5.32 Å². The van der Waals surface area contributed by atoms with Crippen LogP contribution in [-0.2, 0) is 9.53 Å². The Hall–Kier alpha value is -2.21. The summed E-state index contributed by atoms with van der Waals surface area (Å²) < 4.78 is 5.17. The number of ether oxygens (including phenoxy) is 1. The van der Waals surface area contributed by atoms with Crippen LogP contribution in [0.2, 0.25) is 0 Å². The second-order valence-corrected chi connectivity index (χ2v) is 4.98. The molecule has 1 aromatic rings. The van der Waals surface area contributed by atoms with E-state index in [9.17, 15) is 14.4 Å². The van der Waals surface area contributed by atoms with Crippen molar-refractivity contribution in [1.82, 2.24) is 4.90 Å². The Bertz CT molecular complexity index is 605. The first-order chi connectivity index (χ1) is 9.58. The topological polar surface area (TPSA) is 75.7 Å². The highest BCUT2D eigenvalue weighted by Crippen LogP contribution is 2.25. The van der Waals surface area contributed by atoms with Crippen molar-refractivity contribution in [1.29, 1.82) is 0 Å². The lowest BCUT2D eigenvalue weighted by atomic mass is 10.1. The first-order valence-corrected chi connectivity index (χ1v) is 6.43. The van der Waals surface area contributed by atoms with E-state index in [1.54, 1.807) is 18.2 Å². The minimum absolute atomic E-state index is 0.118. The van der Waals surface area contributed by atoms with Gasteiger partial charge in [-0.05, 0) is 24.6 Å². The van der Waals surface area contributed by atoms with Crippen LogP contribution in [0.25, 0.3) is 0 Å². The smallest absolute Gasteiger partial charge is 0.261 e. The van der Waals surface area contributed by atoms with Gasteiger partial charge < -0.3 is 10.1 Å². The number of hydrogen-bond donors (Lipinski definition) is 1. The van der Waals surface area contributed by atoms with Gasteiger partial charge in [-0.25, -0.2) is 0 Å². The van der Waals surface area contributed by atoms with E-state index in [0.29, 0.717) is 36.4 Å². The van der Waals surface area contributed by atoms with E-state index >= 15 is 0 Å². The molecule has 6 nitrogen and oxygen atoms in total. The van der Waals surface area contributed by atoms with Crippen molar-refractivity contribution in [2.24, 2.45) is 5.92 Å². The van der Waals surface area contributed by atoms with Crippen molar-refractivity contribution < 1.29 is 19.1 Å². The van der Waals surface area contributed by atoms with Crippen molar-refractivity contribution in [3.05, 3.63) is 29.3 Å². The zero-order valence-corrected chi connectivity index (χ0v) is 11.0. The monoisotopic (exact) mass is 274 g/mol. The molecule has 0 spiro atoms. The minimum Gasteiger partial charge on any atom is -0.381 e. The average molecular weight is 274 g/mol. The molecular weight excluding hydrogens is 260 g/mol. The summed E-state index contributed by atoms with van der Waals surface area (Å²) >= 11 is 0. The Morgan fingerprint density at radius 1 is 1.30 bits per heavy atom. The summed E-state index contributed by atoms with van der Waals surface area (Å²) in [4.78, 5) is 36.7. The maximum absolute atomic E-state index is 12.0.